The van der Waals surface area contributed by atoms with Gasteiger partial charge >= 0.3 is 0 Å². The number of fused-ring (bicyclic) bond motifs is 4. The molecule has 2 aliphatic rings. The number of nitrogens with zero attached hydrogens (tertiary/aromatic N) is 1. The molecule has 0 radical (unpaired) electrons. The molecule has 3 heteroatoms. The number of aryl methyl sites for hydroxylation is 1. The Morgan fingerprint density at radius 1 is 0.964 bits per heavy atom. The Kier molecular flexibility index (Phi) is 4.38. The molecular formula is C25H27NO2. The Morgan fingerprint density at radius 3 is 2.46 bits per heavy atom. The van der Waals surface area contributed by atoms with Crippen LogP contribution in [0.4, 0.5) is 5.69 Å². The van der Waals surface area contributed by atoms with Crippen LogP contribution in [0.3, 0.4) is 0 Å². The first-order valence-corrected chi connectivity index (χ1v) is 10.4. The number of hydrogen-bond donors (Lipinski definition) is 0. The van der Waals surface area contributed by atoms with Crippen LogP contribution in [-0.2, 0) is 6.42 Å². The number of methoxy groups -OCH3 is 1. The molecule has 0 unspecified atom stereocenters. The van der Waals surface area contributed by atoms with E-state index in [0.717, 1.165) is 23.7 Å². The summed E-state index contributed by atoms with van der Waals surface area (Å²) in [6.07, 6.45) is 6.06. The highest BCUT2D eigenvalue weighted by Crippen LogP contribution is 2.49. The highest BCUT2D eigenvalue weighted by Gasteiger charge is 2.40. The molecule has 0 amide bonds. The molecule has 0 aliphatic carbocycles. The number of benzene rings is 2. The summed E-state index contributed by atoms with van der Waals surface area (Å²) < 4.78 is 11.8. The molecule has 2 atom stereocenters. The Morgan fingerprint density at radius 2 is 1.71 bits per heavy atom. The summed E-state index contributed by atoms with van der Waals surface area (Å²) in [6, 6.07) is 20.1. The summed E-state index contributed by atoms with van der Waals surface area (Å²) in [4.78, 5) is 2.66. The lowest BCUT2D eigenvalue weighted by atomic mass is 9.86. The molecule has 3 heterocycles. The van der Waals surface area contributed by atoms with Crippen molar-refractivity contribution < 1.29 is 9.15 Å². The molecule has 1 fully saturated rings. The molecular weight excluding hydrogens is 346 g/mol. The van der Waals surface area contributed by atoms with E-state index in [-0.39, 0.29) is 0 Å². The summed E-state index contributed by atoms with van der Waals surface area (Å²) in [5, 5.41) is 0. The van der Waals surface area contributed by atoms with Crippen molar-refractivity contribution in [2.24, 2.45) is 0 Å². The quantitative estimate of drug-likeness (QED) is 0.538. The third-order valence-corrected chi connectivity index (χ3v) is 6.42. The highest BCUT2D eigenvalue weighted by molar-refractivity contribution is 5.68. The lowest BCUT2D eigenvalue weighted by molar-refractivity contribution is 0.414. The van der Waals surface area contributed by atoms with Crippen LogP contribution in [0.1, 0.15) is 48.6 Å². The molecule has 144 valence electrons. The average molecular weight is 373 g/mol. The fourth-order valence-electron chi connectivity index (χ4n) is 5.12. The monoisotopic (exact) mass is 373 g/mol. The first-order chi connectivity index (χ1) is 13.8. The average Bonchev–Trinajstić information content (AvgIpc) is 2.99. The third kappa shape index (κ3) is 2.81. The zero-order chi connectivity index (χ0) is 19.1. The van der Waals surface area contributed by atoms with Crippen molar-refractivity contribution in [3.63, 3.8) is 0 Å². The first-order valence-electron chi connectivity index (χ1n) is 10.4. The minimum absolute atomic E-state index is 0.373. The summed E-state index contributed by atoms with van der Waals surface area (Å²) >= 11 is 0. The van der Waals surface area contributed by atoms with Gasteiger partial charge in [-0.2, -0.15) is 0 Å². The van der Waals surface area contributed by atoms with E-state index in [2.05, 4.69) is 66.4 Å². The van der Waals surface area contributed by atoms with Crippen molar-refractivity contribution in [1.29, 1.82) is 0 Å². The fraction of sp³-hybridized carbons (Fsp3) is 0.360. The van der Waals surface area contributed by atoms with Crippen LogP contribution >= 0.6 is 0 Å². The smallest absolute Gasteiger partial charge is 0.139 e. The Bertz CT molecular complexity index is 958. The predicted octanol–water partition coefficient (Wildman–Crippen LogP) is 6.31. The van der Waals surface area contributed by atoms with Gasteiger partial charge in [-0.1, -0.05) is 43.2 Å². The topological polar surface area (TPSA) is 25.6 Å². The zero-order valence-corrected chi connectivity index (χ0v) is 16.7. The second-order valence-electron chi connectivity index (χ2n) is 8.01. The van der Waals surface area contributed by atoms with Gasteiger partial charge < -0.3 is 14.1 Å². The second kappa shape index (κ2) is 7.05. The van der Waals surface area contributed by atoms with Crippen LogP contribution in [0.25, 0.3) is 11.3 Å². The van der Waals surface area contributed by atoms with E-state index >= 15 is 0 Å². The normalized spacial score (nSPS) is 21.1. The minimum atomic E-state index is 0.373. The van der Waals surface area contributed by atoms with Crippen LogP contribution in [0.5, 0.6) is 5.75 Å². The molecule has 0 N–H and O–H groups in total. The molecule has 0 spiro atoms. The van der Waals surface area contributed by atoms with Gasteiger partial charge in [0.2, 0.25) is 0 Å². The number of hydrogen-bond acceptors (Lipinski definition) is 3. The van der Waals surface area contributed by atoms with Crippen molar-refractivity contribution >= 4 is 5.69 Å². The summed E-state index contributed by atoms with van der Waals surface area (Å²) in [7, 11) is 1.72. The van der Waals surface area contributed by atoms with Gasteiger partial charge in [0.25, 0.3) is 0 Å². The SMILES string of the molecule is COc1ccc(N2[C@H]3CCCC[C@@H]2c2c(-c4ccccc4)oc(C)c2C3)cc1. The molecule has 2 aromatic carbocycles. The Labute approximate surface area is 166 Å². The van der Waals surface area contributed by atoms with E-state index in [1.165, 1.54) is 48.1 Å². The third-order valence-electron chi connectivity index (χ3n) is 6.42. The number of anilines is 1. The highest BCUT2D eigenvalue weighted by atomic mass is 16.5. The molecule has 2 bridgehead atoms. The van der Waals surface area contributed by atoms with Crippen molar-refractivity contribution in [1.82, 2.24) is 0 Å². The van der Waals surface area contributed by atoms with Crippen molar-refractivity contribution in [3.05, 3.63) is 71.5 Å². The van der Waals surface area contributed by atoms with Crippen LogP contribution in [0, 0.1) is 6.92 Å². The maximum absolute atomic E-state index is 6.38. The molecule has 3 nitrogen and oxygen atoms in total. The maximum atomic E-state index is 6.38. The van der Waals surface area contributed by atoms with Gasteiger partial charge in [0.1, 0.15) is 17.3 Å². The Hall–Kier alpha value is -2.68. The van der Waals surface area contributed by atoms with Gasteiger partial charge in [-0.25, -0.2) is 0 Å². The second-order valence-corrected chi connectivity index (χ2v) is 8.01. The summed E-state index contributed by atoms with van der Waals surface area (Å²) in [5.41, 5.74) is 5.34. The Balaban J connectivity index is 1.65. The van der Waals surface area contributed by atoms with Gasteiger partial charge in [-0.05, 0) is 50.5 Å². The summed E-state index contributed by atoms with van der Waals surface area (Å²) in [6.45, 7) is 2.14. The lowest BCUT2D eigenvalue weighted by Gasteiger charge is -2.43. The van der Waals surface area contributed by atoms with Gasteiger partial charge in [0.05, 0.1) is 13.2 Å². The molecule has 3 aromatic rings. The van der Waals surface area contributed by atoms with E-state index < -0.39 is 0 Å². The van der Waals surface area contributed by atoms with E-state index in [4.69, 9.17) is 9.15 Å². The standard InChI is InChI=1S/C25H27NO2/c1-17-22-16-20-10-6-7-11-23(26(20)19-12-14-21(27-2)15-13-19)24(22)25(28-17)18-8-4-3-5-9-18/h3-5,8-9,12-15,20,23H,6-7,10-11,16H2,1-2H3/t20-,23+/m0/s1. The van der Waals surface area contributed by atoms with Crippen molar-refractivity contribution in [2.75, 3.05) is 12.0 Å². The van der Waals surface area contributed by atoms with Gasteiger partial charge in [-0.15, -0.1) is 0 Å². The van der Waals surface area contributed by atoms with Crippen LogP contribution in [0.2, 0.25) is 0 Å². The van der Waals surface area contributed by atoms with Crippen molar-refractivity contribution in [3.8, 4) is 17.1 Å². The fourth-order valence-corrected chi connectivity index (χ4v) is 5.12. The predicted molar refractivity (Wildman–Crippen MR) is 113 cm³/mol. The molecule has 28 heavy (non-hydrogen) atoms. The molecule has 1 saturated heterocycles. The molecule has 2 aliphatic heterocycles. The van der Waals surface area contributed by atoms with Crippen molar-refractivity contribution in [2.45, 2.75) is 51.1 Å². The van der Waals surface area contributed by atoms with E-state index in [1.54, 1.807) is 7.11 Å². The van der Waals surface area contributed by atoms with Gasteiger partial charge in [-0.3, -0.25) is 0 Å². The zero-order valence-electron chi connectivity index (χ0n) is 16.7. The maximum Gasteiger partial charge on any atom is 0.139 e. The van der Waals surface area contributed by atoms with Crippen LogP contribution in [0.15, 0.2) is 59.0 Å². The summed E-state index contributed by atoms with van der Waals surface area (Å²) in [5.74, 6) is 3.07. The van der Waals surface area contributed by atoms with Crippen LogP contribution in [-0.4, -0.2) is 13.2 Å². The number of ether oxygens (including phenoxy) is 1. The van der Waals surface area contributed by atoms with Gasteiger partial charge in [0, 0.05) is 28.4 Å². The molecule has 1 aromatic heterocycles. The van der Waals surface area contributed by atoms with Crippen LogP contribution < -0.4 is 9.64 Å². The van der Waals surface area contributed by atoms with E-state index in [1.807, 2.05) is 0 Å². The molecule has 0 saturated carbocycles. The first kappa shape index (κ1) is 17.4. The lowest BCUT2D eigenvalue weighted by Crippen LogP contribution is -2.42. The van der Waals surface area contributed by atoms with E-state index in [9.17, 15) is 0 Å². The largest absolute Gasteiger partial charge is 0.497 e. The minimum Gasteiger partial charge on any atom is -0.497 e. The van der Waals surface area contributed by atoms with Gasteiger partial charge in [0.15, 0.2) is 0 Å². The number of rotatable bonds is 3. The number of furan rings is 1. The molecule has 5 rings (SSSR count). The van der Waals surface area contributed by atoms with E-state index in [0.29, 0.717) is 12.1 Å².